The third-order valence-electron chi connectivity index (χ3n) is 3.40. The molecule has 0 unspecified atom stereocenters. The number of rotatable bonds is 2. The van der Waals surface area contributed by atoms with Crippen LogP contribution in [0.15, 0.2) is 18.3 Å². The molecule has 1 aliphatic rings. The maximum Gasteiger partial charge on any atom is 0.269 e. The molecule has 0 saturated carbocycles. The number of nitrogens with two attached hydrogens (primary N) is 1. The summed E-state index contributed by atoms with van der Waals surface area (Å²) in [6.07, 6.45) is 2.97. The van der Waals surface area contributed by atoms with Crippen molar-refractivity contribution in [3.8, 4) is 5.82 Å². The Bertz CT molecular complexity index is 683. The van der Waals surface area contributed by atoms with Gasteiger partial charge in [-0.2, -0.15) is 5.10 Å². The number of carbonyl (C=O) groups is 1. The highest BCUT2D eigenvalue weighted by Gasteiger charge is 2.28. The van der Waals surface area contributed by atoms with E-state index in [1.807, 2.05) is 12.1 Å². The van der Waals surface area contributed by atoms with Crippen LogP contribution < -0.4 is 5.73 Å². The van der Waals surface area contributed by atoms with Crippen LogP contribution in [0.3, 0.4) is 0 Å². The highest BCUT2D eigenvalue weighted by Crippen LogP contribution is 2.26. The van der Waals surface area contributed by atoms with Gasteiger partial charge in [0, 0.05) is 21.8 Å². The van der Waals surface area contributed by atoms with Crippen molar-refractivity contribution in [3.05, 3.63) is 38.9 Å². The Kier molecular flexibility index (Phi) is 3.47. The number of fused-ring (bicyclic) bond motifs is 1. The van der Waals surface area contributed by atoms with Gasteiger partial charge in [0.1, 0.15) is 0 Å². The summed E-state index contributed by atoms with van der Waals surface area (Å²) in [5.74, 6) is 0.0942. The monoisotopic (exact) mass is 384 g/mol. The molecule has 3 N–H and O–H groups in total. The van der Waals surface area contributed by atoms with Crippen LogP contribution in [0, 0.1) is 3.57 Å². The molecule has 6 nitrogen and oxygen atoms in total. The molecule has 1 aliphatic carbocycles. The topological polar surface area (TPSA) is 94.0 Å². The smallest absolute Gasteiger partial charge is 0.269 e. The Morgan fingerprint density at radius 1 is 1.55 bits per heavy atom. The Labute approximate surface area is 129 Å². The van der Waals surface area contributed by atoms with Gasteiger partial charge in [-0.1, -0.05) is 0 Å². The van der Waals surface area contributed by atoms with E-state index in [2.05, 4.69) is 32.7 Å². The Morgan fingerprint density at radius 3 is 3.05 bits per heavy atom. The second-order valence-electron chi connectivity index (χ2n) is 4.78. The summed E-state index contributed by atoms with van der Waals surface area (Å²) >= 11 is 2.19. The van der Waals surface area contributed by atoms with Gasteiger partial charge < -0.3 is 10.8 Å². The number of aromatic nitrogens is 3. The van der Waals surface area contributed by atoms with Crippen LogP contribution in [0.25, 0.3) is 5.82 Å². The first-order chi connectivity index (χ1) is 9.56. The lowest BCUT2D eigenvalue weighted by Crippen LogP contribution is -2.22. The van der Waals surface area contributed by atoms with E-state index >= 15 is 0 Å². The first-order valence-electron chi connectivity index (χ1n) is 6.27. The Morgan fingerprint density at radius 2 is 2.35 bits per heavy atom. The molecular formula is C13H13IN4O2. The van der Waals surface area contributed by atoms with Gasteiger partial charge in [0.2, 0.25) is 0 Å². The van der Waals surface area contributed by atoms with Crippen molar-refractivity contribution in [1.29, 1.82) is 0 Å². The maximum atomic E-state index is 11.5. The lowest BCUT2D eigenvalue weighted by molar-refractivity contribution is 0.0993. The number of nitrogens with zero attached hydrogens (tertiary/aromatic N) is 3. The largest absolute Gasteiger partial charge is 0.393 e. The fraction of sp³-hybridized carbons (Fsp3) is 0.308. The molecule has 104 valence electrons. The van der Waals surface area contributed by atoms with Gasteiger partial charge in [-0.25, -0.2) is 9.67 Å². The molecule has 0 bridgehead atoms. The van der Waals surface area contributed by atoms with Crippen molar-refractivity contribution in [2.24, 2.45) is 5.73 Å². The van der Waals surface area contributed by atoms with E-state index in [1.54, 1.807) is 10.9 Å². The van der Waals surface area contributed by atoms with E-state index in [0.717, 1.165) is 14.8 Å². The lowest BCUT2D eigenvalue weighted by atomic mass is 9.93. The third-order valence-corrected chi connectivity index (χ3v) is 4.08. The van der Waals surface area contributed by atoms with Gasteiger partial charge in [0.15, 0.2) is 11.5 Å². The molecular weight excluding hydrogens is 371 g/mol. The van der Waals surface area contributed by atoms with E-state index in [1.165, 1.54) is 0 Å². The van der Waals surface area contributed by atoms with Crippen LogP contribution in [-0.4, -0.2) is 31.9 Å². The number of halogens is 1. The molecule has 2 aromatic rings. The SMILES string of the molecule is NC(=O)c1nn(-c2cc(I)ccn2)c2c1CC[C@@H](O)C2. The summed E-state index contributed by atoms with van der Waals surface area (Å²) < 4.78 is 2.65. The van der Waals surface area contributed by atoms with Crippen LogP contribution in [0.5, 0.6) is 0 Å². The summed E-state index contributed by atoms with van der Waals surface area (Å²) in [5, 5.41) is 14.2. The zero-order valence-corrected chi connectivity index (χ0v) is 12.7. The minimum Gasteiger partial charge on any atom is -0.393 e. The highest BCUT2D eigenvalue weighted by molar-refractivity contribution is 14.1. The quantitative estimate of drug-likeness (QED) is 0.750. The van der Waals surface area contributed by atoms with Crippen LogP contribution in [0.4, 0.5) is 0 Å². The van der Waals surface area contributed by atoms with E-state index in [0.29, 0.717) is 25.1 Å². The minimum atomic E-state index is -0.540. The van der Waals surface area contributed by atoms with Crippen LogP contribution in [0.1, 0.15) is 28.2 Å². The number of pyridine rings is 1. The third kappa shape index (κ3) is 2.31. The molecule has 3 rings (SSSR count). The predicted octanol–water partition coefficient (Wildman–Crippen LogP) is 0.820. The van der Waals surface area contributed by atoms with Crippen LogP contribution >= 0.6 is 22.6 Å². The standard InChI is InChI=1S/C13H13IN4O2/c14-7-3-4-16-11(5-7)18-10-6-8(19)1-2-9(10)12(17-18)13(15)20/h3-5,8,19H,1-2,6H2,(H2,15,20)/t8-/m1/s1. The van der Waals surface area contributed by atoms with Crippen LogP contribution in [0.2, 0.25) is 0 Å². The van der Waals surface area contributed by atoms with Crippen molar-refractivity contribution < 1.29 is 9.90 Å². The zero-order valence-electron chi connectivity index (χ0n) is 10.6. The molecule has 0 fully saturated rings. The van der Waals surface area contributed by atoms with Gasteiger partial charge in [-0.05, 0) is 47.6 Å². The van der Waals surface area contributed by atoms with E-state index in [9.17, 15) is 9.90 Å². The zero-order chi connectivity index (χ0) is 14.3. The number of amides is 1. The molecule has 2 heterocycles. The van der Waals surface area contributed by atoms with E-state index in [4.69, 9.17) is 5.73 Å². The van der Waals surface area contributed by atoms with Gasteiger partial charge in [0.25, 0.3) is 5.91 Å². The molecule has 2 aromatic heterocycles. The molecule has 0 saturated heterocycles. The number of aliphatic hydroxyl groups is 1. The molecule has 1 atom stereocenters. The van der Waals surface area contributed by atoms with Crippen molar-refractivity contribution in [3.63, 3.8) is 0 Å². The average molecular weight is 384 g/mol. The summed E-state index contributed by atoms with van der Waals surface area (Å²) in [4.78, 5) is 15.8. The number of primary amides is 1. The van der Waals surface area contributed by atoms with Crippen LogP contribution in [-0.2, 0) is 12.8 Å². The van der Waals surface area contributed by atoms with E-state index in [-0.39, 0.29) is 5.69 Å². The molecule has 0 spiro atoms. The van der Waals surface area contributed by atoms with Crippen molar-refractivity contribution in [1.82, 2.24) is 14.8 Å². The fourth-order valence-electron chi connectivity index (χ4n) is 2.49. The average Bonchev–Trinajstić information content (AvgIpc) is 2.77. The van der Waals surface area contributed by atoms with Crippen molar-refractivity contribution >= 4 is 28.5 Å². The lowest BCUT2D eigenvalue weighted by Gasteiger charge is -2.18. The Hall–Kier alpha value is -1.48. The molecule has 20 heavy (non-hydrogen) atoms. The first kappa shape index (κ1) is 13.5. The van der Waals surface area contributed by atoms with Crippen molar-refractivity contribution in [2.45, 2.75) is 25.4 Å². The molecule has 0 radical (unpaired) electrons. The summed E-state index contributed by atoms with van der Waals surface area (Å²) in [7, 11) is 0. The Balaban J connectivity index is 2.18. The second-order valence-corrected chi connectivity index (χ2v) is 6.02. The van der Waals surface area contributed by atoms with Crippen molar-refractivity contribution in [2.75, 3.05) is 0 Å². The second kappa shape index (κ2) is 5.13. The maximum absolute atomic E-state index is 11.5. The molecule has 1 amide bonds. The summed E-state index contributed by atoms with van der Waals surface area (Å²) in [6.45, 7) is 0. The number of hydrogen-bond donors (Lipinski definition) is 2. The number of hydrogen-bond acceptors (Lipinski definition) is 4. The summed E-state index contributed by atoms with van der Waals surface area (Å²) in [6, 6.07) is 3.75. The van der Waals surface area contributed by atoms with Gasteiger partial charge in [-0.15, -0.1) is 0 Å². The normalized spacial score (nSPS) is 17.8. The molecule has 0 aliphatic heterocycles. The van der Waals surface area contributed by atoms with Gasteiger partial charge in [0.05, 0.1) is 11.8 Å². The van der Waals surface area contributed by atoms with E-state index < -0.39 is 12.0 Å². The first-order valence-corrected chi connectivity index (χ1v) is 7.34. The van der Waals surface area contributed by atoms with Gasteiger partial charge >= 0.3 is 0 Å². The number of aliphatic hydroxyl groups excluding tert-OH is 1. The number of carbonyl (C=O) groups excluding carboxylic acids is 1. The molecule has 7 heteroatoms. The highest BCUT2D eigenvalue weighted by atomic mass is 127. The summed E-state index contributed by atoms with van der Waals surface area (Å²) in [5.41, 5.74) is 7.34. The molecule has 0 aromatic carbocycles. The minimum absolute atomic E-state index is 0.285. The van der Waals surface area contributed by atoms with Gasteiger partial charge in [-0.3, -0.25) is 4.79 Å². The fourth-order valence-corrected chi connectivity index (χ4v) is 2.93. The predicted molar refractivity (Wildman–Crippen MR) is 80.6 cm³/mol.